The smallest absolute Gasteiger partial charge is 0.391 e. The highest BCUT2D eigenvalue weighted by Gasteiger charge is 2.09. The summed E-state index contributed by atoms with van der Waals surface area (Å²) >= 11 is 0. The van der Waals surface area contributed by atoms with Gasteiger partial charge in [0.1, 0.15) is 0 Å². The van der Waals surface area contributed by atoms with Crippen molar-refractivity contribution in [1.29, 1.82) is 0 Å². The Morgan fingerprint density at radius 3 is 3.00 bits per heavy atom. The summed E-state index contributed by atoms with van der Waals surface area (Å²) < 4.78 is 4.86. The molecule has 88 valence electrons. The van der Waals surface area contributed by atoms with Gasteiger partial charge in [-0.15, -0.1) is 5.10 Å². The van der Waals surface area contributed by atoms with E-state index in [1.807, 2.05) is 7.05 Å². The summed E-state index contributed by atoms with van der Waals surface area (Å²) in [6, 6.07) is 0. The summed E-state index contributed by atoms with van der Waals surface area (Å²) in [6.07, 6.45) is 7.30. The number of nitrogens with one attached hydrogen (secondary N) is 1. The second-order valence-electron chi connectivity index (χ2n) is 4.29. The highest BCUT2D eigenvalue weighted by molar-refractivity contribution is 5.07. The Morgan fingerprint density at radius 2 is 2.38 bits per heavy atom. The first-order valence-electron chi connectivity index (χ1n) is 5.65. The highest BCUT2D eigenvalue weighted by atomic mass is 16.4. The molecule has 0 aliphatic heterocycles. The number of hydrogen-bond donors (Lipinski definition) is 1. The molecule has 5 nitrogen and oxygen atoms in total. The van der Waals surface area contributed by atoms with E-state index in [0.717, 1.165) is 6.54 Å². The van der Waals surface area contributed by atoms with Crippen molar-refractivity contribution in [1.82, 2.24) is 15.1 Å². The predicted molar refractivity (Wildman–Crippen MR) is 60.0 cm³/mol. The minimum Gasteiger partial charge on any atom is -0.391 e. The molecule has 0 radical (unpaired) electrons. The van der Waals surface area contributed by atoms with Gasteiger partial charge >= 0.3 is 5.76 Å². The largest absolute Gasteiger partial charge is 0.434 e. The minimum absolute atomic E-state index is 0.448. The number of likely N-dealkylation sites (N-methyl/N-ethyl adjacent to an activating group) is 1. The van der Waals surface area contributed by atoms with E-state index < -0.39 is 5.76 Å². The van der Waals surface area contributed by atoms with Crippen LogP contribution in [0.15, 0.2) is 20.9 Å². The fourth-order valence-electron chi connectivity index (χ4n) is 2.01. The Hall–Kier alpha value is -1.36. The second-order valence-corrected chi connectivity index (χ2v) is 4.29. The molecule has 0 fully saturated rings. The van der Waals surface area contributed by atoms with Crippen molar-refractivity contribution in [3.63, 3.8) is 0 Å². The van der Waals surface area contributed by atoms with Gasteiger partial charge in [-0.2, -0.15) is 0 Å². The summed E-state index contributed by atoms with van der Waals surface area (Å²) in [5, 5.41) is 6.05. The van der Waals surface area contributed by atoms with E-state index in [-0.39, 0.29) is 0 Å². The van der Waals surface area contributed by atoms with Gasteiger partial charge < -0.3 is 4.42 Å². The number of aromatic nitrogens is 2. The average molecular weight is 223 g/mol. The molecule has 0 saturated carbocycles. The molecule has 16 heavy (non-hydrogen) atoms. The molecule has 1 N–H and O–H groups in total. The van der Waals surface area contributed by atoms with Crippen LogP contribution in [-0.2, 0) is 6.54 Å². The lowest BCUT2D eigenvalue weighted by molar-refractivity contribution is 0.300. The van der Waals surface area contributed by atoms with Gasteiger partial charge in [0.25, 0.3) is 0 Å². The molecule has 0 spiro atoms. The van der Waals surface area contributed by atoms with E-state index in [1.165, 1.54) is 31.3 Å². The Balaban J connectivity index is 1.86. The molecule has 0 atom stereocenters. The molecule has 1 heterocycles. The average Bonchev–Trinajstić information content (AvgIpc) is 2.65. The van der Waals surface area contributed by atoms with Crippen LogP contribution in [0.3, 0.4) is 0 Å². The van der Waals surface area contributed by atoms with Crippen LogP contribution in [0.2, 0.25) is 0 Å². The molecular formula is C11H17N3O2. The molecule has 0 unspecified atom stereocenters. The summed E-state index contributed by atoms with van der Waals surface area (Å²) in [4.78, 5) is 12.9. The van der Waals surface area contributed by atoms with Crippen molar-refractivity contribution in [2.75, 3.05) is 13.6 Å². The Morgan fingerprint density at radius 1 is 1.50 bits per heavy atom. The third-order valence-corrected chi connectivity index (χ3v) is 2.75. The van der Waals surface area contributed by atoms with Gasteiger partial charge in [0, 0.05) is 6.54 Å². The fraction of sp³-hybridized carbons (Fsp3) is 0.636. The number of rotatable bonds is 4. The van der Waals surface area contributed by atoms with Crippen molar-refractivity contribution < 1.29 is 4.42 Å². The van der Waals surface area contributed by atoms with Crippen molar-refractivity contribution in [2.24, 2.45) is 0 Å². The molecule has 1 aromatic rings. The van der Waals surface area contributed by atoms with Crippen LogP contribution >= 0.6 is 0 Å². The summed E-state index contributed by atoms with van der Waals surface area (Å²) in [5.74, 6) is -0.0378. The summed E-state index contributed by atoms with van der Waals surface area (Å²) in [6.45, 7) is 1.49. The molecule has 1 aliphatic carbocycles. The zero-order valence-corrected chi connectivity index (χ0v) is 9.53. The molecular weight excluding hydrogens is 206 g/mol. The van der Waals surface area contributed by atoms with Gasteiger partial charge in [0.05, 0.1) is 6.54 Å². The molecule has 0 amide bonds. The maximum absolute atomic E-state index is 10.7. The molecule has 0 saturated heterocycles. The van der Waals surface area contributed by atoms with E-state index >= 15 is 0 Å². The third kappa shape index (κ3) is 3.06. The summed E-state index contributed by atoms with van der Waals surface area (Å²) in [5.41, 5.74) is 1.48. The molecule has 1 aromatic heterocycles. The quantitative estimate of drug-likeness (QED) is 0.781. The van der Waals surface area contributed by atoms with Gasteiger partial charge in [-0.3, -0.25) is 4.90 Å². The summed E-state index contributed by atoms with van der Waals surface area (Å²) in [7, 11) is 2.00. The maximum atomic E-state index is 10.7. The molecule has 1 aliphatic rings. The Labute approximate surface area is 94.1 Å². The fourth-order valence-corrected chi connectivity index (χ4v) is 2.01. The van der Waals surface area contributed by atoms with E-state index in [1.54, 1.807) is 0 Å². The van der Waals surface area contributed by atoms with Gasteiger partial charge in [-0.05, 0) is 32.7 Å². The highest BCUT2D eigenvalue weighted by Crippen LogP contribution is 2.18. The Bertz CT molecular complexity index is 419. The van der Waals surface area contributed by atoms with Gasteiger partial charge in [-0.25, -0.2) is 9.89 Å². The molecule has 0 bridgehead atoms. The minimum atomic E-state index is -0.486. The number of aromatic amines is 1. The first-order valence-corrected chi connectivity index (χ1v) is 5.65. The SMILES string of the molecule is CN(CC1=CCCCC1)Cc1n[nH]c(=O)o1. The van der Waals surface area contributed by atoms with Crippen LogP contribution in [0.25, 0.3) is 0 Å². The van der Waals surface area contributed by atoms with Gasteiger partial charge in [0.2, 0.25) is 5.89 Å². The van der Waals surface area contributed by atoms with Crippen molar-refractivity contribution in [3.8, 4) is 0 Å². The lowest BCUT2D eigenvalue weighted by Crippen LogP contribution is -2.21. The van der Waals surface area contributed by atoms with Gasteiger partial charge in [0.15, 0.2) is 0 Å². The standard InChI is InChI=1S/C11H17N3O2/c1-14(7-9-5-3-2-4-6-9)8-10-12-13-11(15)16-10/h5H,2-4,6-8H2,1H3,(H,13,15). The predicted octanol–water partition coefficient (Wildman–Crippen LogP) is 1.30. The van der Waals surface area contributed by atoms with E-state index in [4.69, 9.17) is 4.42 Å². The number of nitrogens with zero attached hydrogens (tertiary/aromatic N) is 2. The van der Waals surface area contributed by atoms with E-state index in [0.29, 0.717) is 12.4 Å². The van der Waals surface area contributed by atoms with E-state index in [2.05, 4.69) is 21.2 Å². The van der Waals surface area contributed by atoms with Crippen LogP contribution in [0.4, 0.5) is 0 Å². The van der Waals surface area contributed by atoms with Crippen molar-refractivity contribution in [2.45, 2.75) is 32.2 Å². The van der Waals surface area contributed by atoms with Crippen LogP contribution < -0.4 is 5.76 Å². The Kier molecular flexibility index (Phi) is 3.56. The van der Waals surface area contributed by atoms with Crippen LogP contribution in [0, 0.1) is 0 Å². The topological polar surface area (TPSA) is 62.1 Å². The molecule has 2 rings (SSSR count). The van der Waals surface area contributed by atoms with E-state index in [9.17, 15) is 4.79 Å². The second kappa shape index (κ2) is 5.12. The van der Waals surface area contributed by atoms with Gasteiger partial charge in [-0.1, -0.05) is 11.6 Å². The zero-order chi connectivity index (χ0) is 11.4. The lowest BCUT2D eigenvalue weighted by atomic mass is 9.99. The van der Waals surface area contributed by atoms with Crippen LogP contribution in [0.5, 0.6) is 0 Å². The third-order valence-electron chi connectivity index (χ3n) is 2.75. The molecule has 0 aromatic carbocycles. The number of hydrogen-bond acceptors (Lipinski definition) is 4. The number of H-pyrrole nitrogens is 1. The maximum Gasteiger partial charge on any atom is 0.434 e. The van der Waals surface area contributed by atoms with Crippen molar-refractivity contribution >= 4 is 0 Å². The van der Waals surface area contributed by atoms with Crippen molar-refractivity contribution in [3.05, 3.63) is 28.1 Å². The molecule has 5 heteroatoms. The lowest BCUT2D eigenvalue weighted by Gasteiger charge is -2.19. The normalized spacial score (nSPS) is 16.5. The zero-order valence-electron chi connectivity index (χ0n) is 9.53. The monoisotopic (exact) mass is 223 g/mol. The first kappa shape index (κ1) is 11.1. The van der Waals surface area contributed by atoms with Crippen LogP contribution in [-0.4, -0.2) is 28.7 Å². The number of allylic oxidation sites excluding steroid dienone is 1. The van der Waals surface area contributed by atoms with Crippen LogP contribution in [0.1, 0.15) is 31.6 Å². The first-order chi connectivity index (χ1) is 7.74.